The minimum atomic E-state index is -4.48. The van der Waals surface area contributed by atoms with Crippen molar-refractivity contribution in [2.45, 2.75) is 37.3 Å². The number of benzene rings is 1. The molecule has 1 aliphatic carbocycles. The van der Waals surface area contributed by atoms with E-state index < -0.39 is 23.1 Å². The third-order valence-corrected chi connectivity index (χ3v) is 4.48. The summed E-state index contributed by atoms with van der Waals surface area (Å²) in [7, 11) is 0. The molecule has 0 saturated heterocycles. The highest BCUT2D eigenvalue weighted by molar-refractivity contribution is 5.89. The zero-order valence-corrected chi connectivity index (χ0v) is 11.7. The number of halogens is 3. The third-order valence-electron chi connectivity index (χ3n) is 4.48. The number of aliphatic carboxylic acids is 1. The van der Waals surface area contributed by atoms with Crippen LogP contribution >= 0.6 is 0 Å². The number of pyridine rings is 1. The Morgan fingerprint density at radius 3 is 2.45 bits per heavy atom. The van der Waals surface area contributed by atoms with Gasteiger partial charge in [-0.2, -0.15) is 13.2 Å². The average Bonchev–Trinajstić information content (AvgIpc) is 2.96. The Balaban J connectivity index is 2.17. The lowest BCUT2D eigenvalue weighted by Gasteiger charge is -2.25. The first kappa shape index (κ1) is 14.8. The molecule has 0 bridgehead atoms. The molecular weight excluding hydrogens is 295 g/mol. The predicted molar refractivity (Wildman–Crippen MR) is 74.5 cm³/mol. The Morgan fingerprint density at radius 2 is 1.86 bits per heavy atom. The summed E-state index contributed by atoms with van der Waals surface area (Å²) in [4.78, 5) is 15.3. The number of alkyl halides is 3. The van der Waals surface area contributed by atoms with Gasteiger partial charge in [-0.3, -0.25) is 9.78 Å². The average molecular weight is 309 g/mol. The van der Waals surface area contributed by atoms with Gasteiger partial charge in [0.1, 0.15) is 0 Å². The molecule has 2 aromatic rings. The van der Waals surface area contributed by atoms with Crippen LogP contribution in [0.2, 0.25) is 0 Å². The van der Waals surface area contributed by atoms with Gasteiger partial charge in [0.2, 0.25) is 0 Å². The molecule has 1 N–H and O–H groups in total. The van der Waals surface area contributed by atoms with Crippen LogP contribution in [0.4, 0.5) is 13.2 Å². The smallest absolute Gasteiger partial charge is 0.418 e. The van der Waals surface area contributed by atoms with Crippen molar-refractivity contribution in [2.75, 3.05) is 0 Å². The van der Waals surface area contributed by atoms with Gasteiger partial charge in [0, 0.05) is 17.8 Å². The highest BCUT2D eigenvalue weighted by atomic mass is 19.4. The van der Waals surface area contributed by atoms with E-state index in [4.69, 9.17) is 0 Å². The molecule has 0 radical (unpaired) electrons. The zero-order valence-electron chi connectivity index (χ0n) is 11.7. The summed E-state index contributed by atoms with van der Waals surface area (Å²) in [5.41, 5.74) is -1.22. The maximum absolute atomic E-state index is 13.0. The molecule has 116 valence electrons. The van der Waals surface area contributed by atoms with Gasteiger partial charge in [-0.15, -0.1) is 0 Å². The van der Waals surface area contributed by atoms with Crippen LogP contribution in [0.25, 0.3) is 10.8 Å². The monoisotopic (exact) mass is 309 g/mol. The maximum Gasteiger partial charge on any atom is 0.418 e. The molecule has 22 heavy (non-hydrogen) atoms. The zero-order chi connectivity index (χ0) is 16.0. The van der Waals surface area contributed by atoms with Crippen molar-refractivity contribution in [1.82, 2.24) is 4.98 Å². The van der Waals surface area contributed by atoms with Gasteiger partial charge in [0.15, 0.2) is 0 Å². The highest BCUT2D eigenvalue weighted by Gasteiger charge is 2.43. The first-order chi connectivity index (χ1) is 10.3. The molecule has 0 amide bonds. The minimum absolute atomic E-state index is 0.0461. The second-order valence-electron chi connectivity index (χ2n) is 5.72. The number of aromatic nitrogens is 1. The van der Waals surface area contributed by atoms with Crippen molar-refractivity contribution in [3.63, 3.8) is 0 Å². The second-order valence-corrected chi connectivity index (χ2v) is 5.72. The maximum atomic E-state index is 13.0. The molecule has 1 heterocycles. The van der Waals surface area contributed by atoms with E-state index in [1.165, 1.54) is 24.4 Å². The Labute approximate surface area is 124 Å². The Morgan fingerprint density at radius 1 is 1.18 bits per heavy atom. The normalized spacial score (nSPS) is 17.8. The van der Waals surface area contributed by atoms with E-state index in [9.17, 15) is 23.1 Å². The van der Waals surface area contributed by atoms with Gasteiger partial charge in [0.05, 0.1) is 11.0 Å². The number of carboxylic acid groups (broad SMARTS) is 1. The molecule has 0 unspecified atom stereocenters. The summed E-state index contributed by atoms with van der Waals surface area (Å²) < 4.78 is 39.0. The molecule has 0 aliphatic heterocycles. The summed E-state index contributed by atoms with van der Waals surface area (Å²) >= 11 is 0. The fraction of sp³-hybridized carbons (Fsp3) is 0.375. The fourth-order valence-corrected chi connectivity index (χ4v) is 3.30. The van der Waals surface area contributed by atoms with Crippen LogP contribution in [0, 0.1) is 0 Å². The molecule has 1 fully saturated rings. The quantitative estimate of drug-likeness (QED) is 0.906. The van der Waals surface area contributed by atoms with E-state index in [2.05, 4.69) is 4.98 Å². The largest absolute Gasteiger partial charge is 0.481 e. The van der Waals surface area contributed by atoms with E-state index in [1.54, 1.807) is 0 Å². The first-order valence-electron chi connectivity index (χ1n) is 7.03. The Bertz CT molecular complexity index is 734. The van der Waals surface area contributed by atoms with Crippen molar-refractivity contribution in [1.29, 1.82) is 0 Å². The first-order valence-corrected chi connectivity index (χ1v) is 7.03. The van der Waals surface area contributed by atoms with E-state index in [0.29, 0.717) is 23.8 Å². The molecule has 0 spiro atoms. The summed E-state index contributed by atoms with van der Waals surface area (Å²) in [6, 6.07) is 4.41. The predicted octanol–water partition coefficient (Wildman–Crippen LogP) is 4.15. The molecule has 0 atom stereocenters. The Kier molecular flexibility index (Phi) is 3.34. The van der Waals surface area contributed by atoms with Crippen LogP contribution in [0.3, 0.4) is 0 Å². The molecule has 1 aromatic heterocycles. The number of rotatable bonds is 2. The van der Waals surface area contributed by atoms with Crippen LogP contribution in [-0.4, -0.2) is 16.1 Å². The topological polar surface area (TPSA) is 50.2 Å². The standard InChI is InChI=1S/C16H14F3NO2/c17-16(18,19)13-9-20-8-10-7-11(3-4-12(10)13)15(14(21)22)5-1-2-6-15/h3-4,7-9H,1-2,5-6H2,(H,21,22). The van der Waals surface area contributed by atoms with Crippen LogP contribution in [0.1, 0.15) is 36.8 Å². The summed E-state index contributed by atoms with van der Waals surface area (Å²) in [6.45, 7) is 0. The molecule has 1 saturated carbocycles. The molecule has 6 heteroatoms. The van der Waals surface area contributed by atoms with E-state index in [1.807, 2.05) is 0 Å². The van der Waals surface area contributed by atoms with Gasteiger partial charge < -0.3 is 5.11 Å². The van der Waals surface area contributed by atoms with Crippen molar-refractivity contribution in [3.8, 4) is 0 Å². The van der Waals surface area contributed by atoms with Crippen molar-refractivity contribution in [3.05, 3.63) is 41.7 Å². The van der Waals surface area contributed by atoms with Gasteiger partial charge in [-0.25, -0.2) is 0 Å². The summed E-state index contributed by atoms with van der Waals surface area (Å²) in [6.07, 6.45) is 0.311. The summed E-state index contributed by atoms with van der Waals surface area (Å²) in [5.74, 6) is -0.913. The summed E-state index contributed by atoms with van der Waals surface area (Å²) in [5, 5.41) is 9.94. The van der Waals surface area contributed by atoms with Gasteiger partial charge >= 0.3 is 12.1 Å². The highest BCUT2D eigenvalue weighted by Crippen LogP contribution is 2.43. The number of hydrogen-bond acceptors (Lipinski definition) is 2. The van der Waals surface area contributed by atoms with Crippen molar-refractivity contribution < 1.29 is 23.1 Å². The number of carboxylic acids is 1. The van der Waals surface area contributed by atoms with E-state index in [0.717, 1.165) is 19.0 Å². The number of hydrogen-bond donors (Lipinski definition) is 1. The van der Waals surface area contributed by atoms with E-state index >= 15 is 0 Å². The minimum Gasteiger partial charge on any atom is -0.481 e. The third kappa shape index (κ3) is 2.23. The van der Waals surface area contributed by atoms with Crippen LogP contribution in [-0.2, 0) is 16.4 Å². The Hall–Kier alpha value is -2.11. The molecule has 3 rings (SSSR count). The lowest BCUT2D eigenvalue weighted by atomic mass is 9.78. The van der Waals surface area contributed by atoms with Gasteiger partial charge in [-0.1, -0.05) is 25.0 Å². The lowest BCUT2D eigenvalue weighted by molar-refractivity contribution is -0.143. The van der Waals surface area contributed by atoms with Gasteiger partial charge in [0.25, 0.3) is 0 Å². The molecule has 1 aliphatic rings. The SMILES string of the molecule is O=C(O)C1(c2ccc3c(C(F)(F)F)cncc3c2)CCCC1. The van der Waals surface area contributed by atoms with Crippen LogP contribution in [0.5, 0.6) is 0 Å². The molecule has 1 aromatic carbocycles. The van der Waals surface area contributed by atoms with Crippen molar-refractivity contribution in [2.24, 2.45) is 0 Å². The fourth-order valence-electron chi connectivity index (χ4n) is 3.30. The van der Waals surface area contributed by atoms with Crippen LogP contribution < -0.4 is 0 Å². The van der Waals surface area contributed by atoms with E-state index in [-0.39, 0.29) is 5.39 Å². The molecule has 3 nitrogen and oxygen atoms in total. The van der Waals surface area contributed by atoms with Crippen molar-refractivity contribution >= 4 is 16.7 Å². The number of fused-ring (bicyclic) bond motifs is 1. The second kappa shape index (κ2) is 4.97. The number of nitrogens with zero attached hydrogens (tertiary/aromatic N) is 1. The lowest BCUT2D eigenvalue weighted by Crippen LogP contribution is -2.32. The number of carbonyl (C=O) groups is 1. The van der Waals surface area contributed by atoms with Crippen LogP contribution in [0.15, 0.2) is 30.6 Å². The van der Waals surface area contributed by atoms with Gasteiger partial charge in [-0.05, 0) is 29.9 Å². The molecular formula is C16H14F3NO2.